The summed E-state index contributed by atoms with van der Waals surface area (Å²) in [7, 11) is 7.20. The molecular formula is C34H47NO8. The molecule has 13 atom stereocenters. The number of benzene rings is 1. The van der Waals surface area contributed by atoms with Crippen LogP contribution >= 0.6 is 0 Å². The van der Waals surface area contributed by atoms with Crippen LogP contribution in [0.3, 0.4) is 0 Å². The van der Waals surface area contributed by atoms with Crippen LogP contribution in [0.15, 0.2) is 30.3 Å². The van der Waals surface area contributed by atoms with E-state index in [4.69, 9.17) is 28.4 Å². The molecule has 0 radical (unpaired) electrons. The van der Waals surface area contributed by atoms with E-state index in [1.807, 2.05) is 32.4 Å². The van der Waals surface area contributed by atoms with Gasteiger partial charge in [-0.3, -0.25) is 9.69 Å². The van der Waals surface area contributed by atoms with E-state index in [0.29, 0.717) is 18.6 Å². The van der Waals surface area contributed by atoms with Gasteiger partial charge in [0.05, 0.1) is 30.5 Å². The second-order valence-corrected chi connectivity index (χ2v) is 14.1. The largest absolute Gasteiger partial charge is 0.462 e. The fourth-order valence-electron chi connectivity index (χ4n) is 12.2. The molecule has 1 aromatic rings. The molecule has 1 aromatic carbocycles. The average Bonchev–Trinajstić information content (AvgIpc) is 3.42. The van der Waals surface area contributed by atoms with Crippen molar-refractivity contribution in [1.82, 2.24) is 4.90 Å². The van der Waals surface area contributed by atoms with Gasteiger partial charge in [-0.25, -0.2) is 4.79 Å². The van der Waals surface area contributed by atoms with Crippen molar-refractivity contribution in [1.29, 1.82) is 0 Å². The normalized spacial score (nSPS) is 47.3. The van der Waals surface area contributed by atoms with E-state index < -0.39 is 11.7 Å². The molecule has 0 aromatic heterocycles. The third-order valence-corrected chi connectivity index (χ3v) is 12.9. The predicted molar refractivity (Wildman–Crippen MR) is 156 cm³/mol. The van der Waals surface area contributed by atoms with Crippen LogP contribution in [0.4, 0.5) is 0 Å². The number of fused-ring (bicyclic) bond motifs is 2. The van der Waals surface area contributed by atoms with E-state index in [9.17, 15) is 9.59 Å². The van der Waals surface area contributed by atoms with Crippen LogP contribution in [0.2, 0.25) is 0 Å². The molecule has 5 saturated carbocycles. The Bertz CT molecular complexity index is 1240. The Balaban J connectivity index is 1.50. The maximum Gasteiger partial charge on any atom is 0.338 e. The number of carbonyl (C=O) groups is 2. The van der Waals surface area contributed by atoms with Crippen LogP contribution in [0.25, 0.3) is 0 Å². The summed E-state index contributed by atoms with van der Waals surface area (Å²) in [6.45, 7) is 6.12. The number of hydrogen-bond acceptors (Lipinski definition) is 9. The highest BCUT2D eigenvalue weighted by molar-refractivity contribution is 5.89. The minimum absolute atomic E-state index is 0.00405. The Labute approximate surface area is 254 Å². The highest BCUT2D eigenvalue weighted by atomic mass is 16.6. The lowest BCUT2D eigenvalue weighted by atomic mass is 9.43. The zero-order chi connectivity index (χ0) is 30.3. The quantitative estimate of drug-likeness (QED) is 0.396. The number of ether oxygens (including phenoxy) is 6. The van der Waals surface area contributed by atoms with Crippen LogP contribution in [0.5, 0.6) is 0 Å². The number of likely N-dealkylation sites (tertiary alicyclic amines) is 1. The van der Waals surface area contributed by atoms with Crippen molar-refractivity contribution < 1.29 is 38.0 Å². The van der Waals surface area contributed by atoms with Crippen LogP contribution in [-0.4, -0.2) is 101 Å². The second-order valence-electron chi connectivity index (χ2n) is 14.1. The van der Waals surface area contributed by atoms with Crippen LogP contribution in [-0.2, 0) is 33.2 Å². The van der Waals surface area contributed by atoms with Gasteiger partial charge >= 0.3 is 11.9 Å². The van der Waals surface area contributed by atoms with E-state index in [0.717, 1.165) is 32.4 Å². The van der Waals surface area contributed by atoms with E-state index in [2.05, 4.69) is 11.8 Å². The summed E-state index contributed by atoms with van der Waals surface area (Å²) in [5.74, 6) is -0.804. The first-order chi connectivity index (χ1) is 20.8. The van der Waals surface area contributed by atoms with Crippen LogP contribution < -0.4 is 0 Å². The molecule has 236 valence electrons. The summed E-state index contributed by atoms with van der Waals surface area (Å²) in [4.78, 5) is 29.5. The summed E-state index contributed by atoms with van der Waals surface area (Å²) in [6, 6.07) is 9.30. The molecule has 0 N–H and O–H groups in total. The first-order valence-corrected chi connectivity index (χ1v) is 16.0. The summed E-state index contributed by atoms with van der Waals surface area (Å²) < 4.78 is 38.7. The highest BCUT2D eigenvalue weighted by Crippen LogP contribution is 2.80. The van der Waals surface area contributed by atoms with Gasteiger partial charge in [-0.05, 0) is 43.9 Å². The number of methoxy groups -OCH3 is 4. The van der Waals surface area contributed by atoms with Gasteiger partial charge in [0, 0.05) is 88.9 Å². The van der Waals surface area contributed by atoms with Crippen LogP contribution in [0.1, 0.15) is 49.9 Å². The fraction of sp³-hybridized carbons (Fsp3) is 0.765. The van der Waals surface area contributed by atoms with Crippen molar-refractivity contribution in [3.63, 3.8) is 0 Å². The zero-order valence-corrected chi connectivity index (χ0v) is 26.3. The molecule has 1 unspecified atom stereocenters. The molecule has 1 aliphatic heterocycles. The smallest absolute Gasteiger partial charge is 0.338 e. The van der Waals surface area contributed by atoms with Gasteiger partial charge in [-0.2, -0.15) is 0 Å². The van der Waals surface area contributed by atoms with Gasteiger partial charge in [-0.1, -0.05) is 25.1 Å². The first kappa shape index (κ1) is 29.7. The molecule has 7 bridgehead atoms. The van der Waals surface area contributed by atoms with Crippen molar-refractivity contribution in [2.45, 2.75) is 75.6 Å². The third kappa shape index (κ3) is 3.69. The minimum atomic E-state index is -0.964. The summed E-state index contributed by atoms with van der Waals surface area (Å²) in [5.41, 5.74) is -0.869. The Morgan fingerprint density at radius 1 is 1.00 bits per heavy atom. The number of piperidine rings is 1. The average molecular weight is 598 g/mol. The SMILES string of the molecule is CCN1C[C@]2(COC)CC[C@H](OC)[C@]34C1[C@H]([C@H](OC)[C@H]23)[C@@]1(OC(=O)c2ccccc2)C[C@H](OC)[C@H]2C[C@@H]4[C@@H]1[C@H]2OC(C)=O. The molecule has 1 heterocycles. The van der Waals surface area contributed by atoms with Gasteiger partial charge in [-0.15, -0.1) is 0 Å². The van der Waals surface area contributed by atoms with Gasteiger partial charge in [0.25, 0.3) is 0 Å². The molecular weight excluding hydrogens is 550 g/mol. The predicted octanol–water partition coefficient (Wildman–Crippen LogP) is 3.59. The molecule has 1 spiro atoms. The van der Waals surface area contributed by atoms with Gasteiger partial charge < -0.3 is 28.4 Å². The van der Waals surface area contributed by atoms with Crippen molar-refractivity contribution in [2.24, 2.45) is 40.4 Å². The number of esters is 2. The summed E-state index contributed by atoms with van der Waals surface area (Å²) in [5, 5.41) is 0. The van der Waals surface area contributed by atoms with E-state index in [-0.39, 0.29) is 76.7 Å². The van der Waals surface area contributed by atoms with E-state index in [1.54, 1.807) is 26.4 Å². The number of nitrogens with zero attached hydrogens (tertiary/aromatic N) is 1. The summed E-state index contributed by atoms with van der Waals surface area (Å²) >= 11 is 0. The topological polar surface area (TPSA) is 92.8 Å². The minimum Gasteiger partial charge on any atom is -0.462 e. The van der Waals surface area contributed by atoms with Crippen molar-refractivity contribution in [2.75, 3.05) is 48.1 Å². The maximum atomic E-state index is 14.2. The van der Waals surface area contributed by atoms with E-state index >= 15 is 0 Å². The molecule has 7 rings (SSSR count). The number of hydrogen-bond donors (Lipinski definition) is 0. The maximum absolute atomic E-state index is 14.2. The van der Waals surface area contributed by atoms with E-state index in [1.165, 1.54) is 6.92 Å². The zero-order valence-electron chi connectivity index (χ0n) is 26.3. The molecule has 6 fully saturated rings. The Morgan fingerprint density at radius 3 is 2.40 bits per heavy atom. The molecule has 0 amide bonds. The Hall–Kier alpha value is -2.04. The highest BCUT2D eigenvalue weighted by Gasteiger charge is 2.88. The van der Waals surface area contributed by atoms with Crippen LogP contribution in [0, 0.1) is 40.4 Å². The monoisotopic (exact) mass is 597 g/mol. The lowest BCUT2D eigenvalue weighted by Crippen LogP contribution is -2.77. The molecule has 9 heteroatoms. The third-order valence-electron chi connectivity index (χ3n) is 12.9. The summed E-state index contributed by atoms with van der Waals surface area (Å²) in [6.07, 6.45) is 2.42. The first-order valence-electron chi connectivity index (χ1n) is 16.0. The number of rotatable bonds is 9. The van der Waals surface area contributed by atoms with Gasteiger partial charge in [0.15, 0.2) is 0 Å². The van der Waals surface area contributed by atoms with Crippen molar-refractivity contribution >= 4 is 11.9 Å². The number of carbonyl (C=O) groups excluding carboxylic acids is 2. The Morgan fingerprint density at radius 2 is 1.77 bits per heavy atom. The lowest BCUT2D eigenvalue weighted by molar-refractivity contribution is -0.276. The molecule has 1 saturated heterocycles. The molecule has 43 heavy (non-hydrogen) atoms. The van der Waals surface area contributed by atoms with Gasteiger partial charge in [0.1, 0.15) is 11.7 Å². The Kier molecular flexibility index (Phi) is 7.25. The van der Waals surface area contributed by atoms with Crippen molar-refractivity contribution in [3.8, 4) is 0 Å². The van der Waals surface area contributed by atoms with Crippen molar-refractivity contribution in [3.05, 3.63) is 35.9 Å². The van der Waals surface area contributed by atoms with Gasteiger partial charge in [0.2, 0.25) is 0 Å². The fourth-order valence-corrected chi connectivity index (χ4v) is 12.2. The second kappa shape index (κ2) is 10.5. The standard InChI is InChI=1S/C34H47NO8/c1-7-35-17-32(18-38-3)14-13-24(40-5)34-22-15-21-23(39-4)16-33(25(22)27(21)42-19(2)36,26(30(34)35)28(41-6)29(32)34)43-31(37)20-11-9-8-10-12-20/h8-12,21-30H,7,13-18H2,1-6H3/t21-,22-,23+,24+,25-,26+,27+,28+,29-,30?,32+,33-,34+/m1/s1. The molecule has 9 nitrogen and oxygen atoms in total. The molecule has 5 aliphatic carbocycles. The lowest BCUT2D eigenvalue weighted by Gasteiger charge is -2.69. The molecule has 6 aliphatic rings.